The third-order valence-corrected chi connectivity index (χ3v) is 3.73. The van der Waals surface area contributed by atoms with Crippen molar-refractivity contribution in [1.82, 2.24) is 9.97 Å². The highest BCUT2D eigenvalue weighted by molar-refractivity contribution is 9.10. The summed E-state index contributed by atoms with van der Waals surface area (Å²) in [5.41, 5.74) is 5.75. The number of halogens is 1. The van der Waals surface area contributed by atoms with E-state index in [9.17, 15) is 0 Å². The van der Waals surface area contributed by atoms with Gasteiger partial charge in [-0.2, -0.15) is 4.98 Å². The monoisotopic (exact) mass is 300 g/mol. The summed E-state index contributed by atoms with van der Waals surface area (Å²) in [6.45, 7) is 0.714. The molecule has 6 heteroatoms. The second-order valence-corrected chi connectivity index (χ2v) is 5.08. The van der Waals surface area contributed by atoms with Crippen molar-refractivity contribution in [3.05, 3.63) is 10.7 Å². The second kappa shape index (κ2) is 5.64. The molecule has 0 aliphatic heterocycles. The number of hydrogen-bond donors (Lipinski definition) is 2. The Kier molecular flexibility index (Phi) is 4.17. The third kappa shape index (κ3) is 2.87. The van der Waals surface area contributed by atoms with Crippen molar-refractivity contribution in [2.75, 3.05) is 19.0 Å². The molecule has 1 aromatic heterocycles. The van der Waals surface area contributed by atoms with E-state index in [1.54, 1.807) is 13.3 Å². The maximum atomic E-state index is 5.75. The Morgan fingerprint density at radius 2 is 2.41 bits per heavy atom. The van der Waals surface area contributed by atoms with Crippen LogP contribution in [0, 0.1) is 5.92 Å². The number of nitrogens with two attached hydrogens (primary N) is 1. The van der Waals surface area contributed by atoms with E-state index in [0.717, 1.165) is 10.9 Å². The van der Waals surface area contributed by atoms with Crippen LogP contribution in [0.5, 0.6) is 5.88 Å². The third-order valence-electron chi connectivity index (χ3n) is 3.18. The first-order valence-electron chi connectivity index (χ1n) is 5.77. The Morgan fingerprint density at radius 3 is 3.12 bits per heavy atom. The zero-order chi connectivity index (χ0) is 12.3. The van der Waals surface area contributed by atoms with Gasteiger partial charge >= 0.3 is 0 Å². The highest BCUT2D eigenvalue weighted by Gasteiger charge is 2.26. The Balaban J connectivity index is 2.08. The van der Waals surface area contributed by atoms with Crippen molar-refractivity contribution >= 4 is 21.9 Å². The van der Waals surface area contributed by atoms with Gasteiger partial charge in [-0.3, -0.25) is 0 Å². The van der Waals surface area contributed by atoms with Gasteiger partial charge in [-0.15, -0.1) is 0 Å². The molecule has 2 rings (SSSR count). The van der Waals surface area contributed by atoms with Crippen LogP contribution >= 0.6 is 15.9 Å². The number of hydrogen-bond acceptors (Lipinski definition) is 5. The molecule has 17 heavy (non-hydrogen) atoms. The van der Waals surface area contributed by atoms with Gasteiger partial charge in [-0.1, -0.05) is 6.42 Å². The van der Waals surface area contributed by atoms with E-state index in [2.05, 4.69) is 31.2 Å². The molecule has 0 amide bonds. The maximum absolute atomic E-state index is 5.75. The summed E-state index contributed by atoms with van der Waals surface area (Å²) in [6.07, 6.45) is 5.22. The summed E-state index contributed by atoms with van der Waals surface area (Å²) in [5, 5.41) is 3.34. The van der Waals surface area contributed by atoms with Crippen LogP contribution in [-0.2, 0) is 0 Å². The number of ether oxygens (including phenoxy) is 1. The van der Waals surface area contributed by atoms with Crippen molar-refractivity contribution in [1.29, 1.82) is 0 Å². The molecule has 0 spiro atoms. The average Bonchev–Trinajstić information content (AvgIpc) is 2.79. The van der Waals surface area contributed by atoms with Crippen molar-refractivity contribution < 1.29 is 4.74 Å². The van der Waals surface area contributed by atoms with Crippen LogP contribution < -0.4 is 15.8 Å². The molecule has 1 aliphatic rings. The van der Waals surface area contributed by atoms with Gasteiger partial charge in [0, 0.05) is 6.04 Å². The van der Waals surface area contributed by atoms with Gasteiger partial charge in [0.05, 0.1) is 17.8 Å². The van der Waals surface area contributed by atoms with Crippen LogP contribution in [-0.4, -0.2) is 29.7 Å². The summed E-state index contributed by atoms with van der Waals surface area (Å²) in [5.74, 6) is 1.67. The molecule has 94 valence electrons. The summed E-state index contributed by atoms with van der Waals surface area (Å²) >= 11 is 3.33. The molecular weight excluding hydrogens is 284 g/mol. The minimum Gasteiger partial charge on any atom is -0.480 e. The molecule has 0 aromatic carbocycles. The van der Waals surface area contributed by atoms with E-state index in [1.807, 2.05) is 0 Å². The first-order valence-corrected chi connectivity index (χ1v) is 6.57. The lowest BCUT2D eigenvalue weighted by atomic mass is 10.0. The molecule has 0 radical (unpaired) electrons. The molecule has 1 aliphatic carbocycles. The van der Waals surface area contributed by atoms with Crippen LogP contribution in [0.4, 0.5) is 5.95 Å². The topological polar surface area (TPSA) is 73.1 Å². The Bertz CT molecular complexity index is 388. The van der Waals surface area contributed by atoms with Gasteiger partial charge in [0.25, 0.3) is 0 Å². The Labute approximate surface area is 109 Å². The number of nitrogens with zero attached hydrogens (tertiary/aromatic N) is 2. The molecule has 1 heterocycles. The Morgan fingerprint density at radius 1 is 1.59 bits per heavy atom. The number of methoxy groups -OCH3 is 1. The quantitative estimate of drug-likeness (QED) is 0.887. The lowest BCUT2D eigenvalue weighted by molar-refractivity contribution is 0.394. The molecule has 0 saturated heterocycles. The highest BCUT2D eigenvalue weighted by Crippen LogP contribution is 2.28. The molecule has 1 aromatic rings. The standard InChI is InChI=1S/C11H17BrN4O/c1-17-10-8(12)6-14-11(16-10)15-9-4-2-3-7(9)5-13/h6-7,9H,2-5,13H2,1H3,(H,14,15,16). The van der Waals surface area contributed by atoms with Crippen LogP contribution in [0.15, 0.2) is 10.7 Å². The van der Waals surface area contributed by atoms with Crippen molar-refractivity contribution in [2.45, 2.75) is 25.3 Å². The van der Waals surface area contributed by atoms with Crippen molar-refractivity contribution in [3.63, 3.8) is 0 Å². The van der Waals surface area contributed by atoms with Gasteiger partial charge < -0.3 is 15.8 Å². The van der Waals surface area contributed by atoms with Gasteiger partial charge in [0.1, 0.15) is 0 Å². The molecule has 5 nitrogen and oxygen atoms in total. The zero-order valence-electron chi connectivity index (χ0n) is 9.82. The smallest absolute Gasteiger partial charge is 0.232 e. The summed E-state index contributed by atoms with van der Waals surface area (Å²) in [6, 6.07) is 0.380. The summed E-state index contributed by atoms with van der Waals surface area (Å²) < 4.78 is 5.90. The van der Waals surface area contributed by atoms with Crippen LogP contribution in [0.25, 0.3) is 0 Å². The first kappa shape index (κ1) is 12.6. The van der Waals surface area contributed by atoms with Gasteiger partial charge in [-0.05, 0) is 41.2 Å². The molecular formula is C11H17BrN4O. The lowest BCUT2D eigenvalue weighted by Crippen LogP contribution is -2.30. The minimum atomic E-state index is 0.380. The number of nitrogens with one attached hydrogen (secondary N) is 1. The van der Waals surface area contributed by atoms with E-state index in [4.69, 9.17) is 10.5 Å². The molecule has 0 bridgehead atoms. The second-order valence-electron chi connectivity index (χ2n) is 4.23. The molecule has 1 fully saturated rings. The number of anilines is 1. The molecule has 3 N–H and O–H groups in total. The fraction of sp³-hybridized carbons (Fsp3) is 0.636. The van der Waals surface area contributed by atoms with Gasteiger partial charge in [0.2, 0.25) is 11.8 Å². The van der Waals surface area contributed by atoms with E-state index in [-0.39, 0.29) is 0 Å². The number of rotatable bonds is 4. The van der Waals surface area contributed by atoms with E-state index < -0.39 is 0 Å². The predicted octanol–water partition coefficient (Wildman–Crippen LogP) is 1.79. The normalized spacial score (nSPS) is 23.7. The summed E-state index contributed by atoms with van der Waals surface area (Å²) in [4.78, 5) is 8.52. The minimum absolute atomic E-state index is 0.380. The Hall–Kier alpha value is -0.880. The van der Waals surface area contributed by atoms with E-state index in [0.29, 0.717) is 30.3 Å². The largest absolute Gasteiger partial charge is 0.480 e. The van der Waals surface area contributed by atoms with Crippen LogP contribution in [0.3, 0.4) is 0 Å². The van der Waals surface area contributed by atoms with Crippen molar-refractivity contribution in [2.24, 2.45) is 11.7 Å². The first-order chi connectivity index (χ1) is 8.24. The average molecular weight is 301 g/mol. The number of aromatic nitrogens is 2. The molecule has 2 unspecified atom stereocenters. The lowest BCUT2D eigenvalue weighted by Gasteiger charge is -2.19. The molecule has 2 atom stereocenters. The van der Waals surface area contributed by atoms with Crippen LogP contribution in [0.1, 0.15) is 19.3 Å². The van der Waals surface area contributed by atoms with E-state index >= 15 is 0 Å². The molecule has 1 saturated carbocycles. The predicted molar refractivity (Wildman–Crippen MR) is 70.1 cm³/mol. The van der Waals surface area contributed by atoms with Crippen LogP contribution in [0.2, 0.25) is 0 Å². The fourth-order valence-electron chi connectivity index (χ4n) is 2.24. The van der Waals surface area contributed by atoms with Crippen molar-refractivity contribution in [3.8, 4) is 5.88 Å². The SMILES string of the molecule is COc1nc(NC2CCCC2CN)ncc1Br. The summed E-state index contributed by atoms with van der Waals surface area (Å²) in [7, 11) is 1.59. The highest BCUT2D eigenvalue weighted by atomic mass is 79.9. The zero-order valence-corrected chi connectivity index (χ0v) is 11.4. The fourth-order valence-corrected chi connectivity index (χ4v) is 2.59. The maximum Gasteiger partial charge on any atom is 0.232 e. The van der Waals surface area contributed by atoms with Gasteiger partial charge in [-0.25, -0.2) is 4.98 Å². The van der Waals surface area contributed by atoms with E-state index in [1.165, 1.54) is 12.8 Å². The van der Waals surface area contributed by atoms with Gasteiger partial charge in [0.15, 0.2) is 0 Å².